The van der Waals surface area contributed by atoms with Crippen LogP contribution in [0.5, 0.6) is 0 Å². The average molecular weight is 308 g/mol. The second-order valence-electron chi connectivity index (χ2n) is 5.74. The number of carbonyl (C=O) groups is 1. The quantitative estimate of drug-likeness (QED) is 0.728. The zero-order valence-electron chi connectivity index (χ0n) is 13.4. The van der Waals surface area contributed by atoms with Crippen LogP contribution in [0.15, 0.2) is 55.0 Å². The fourth-order valence-electron chi connectivity index (χ4n) is 2.60. The van der Waals surface area contributed by atoms with Crippen LogP contribution in [0, 0.1) is 0 Å². The Bertz CT molecular complexity index is 797. The highest BCUT2D eigenvalue weighted by atomic mass is 16.2. The van der Waals surface area contributed by atoms with Crippen molar-refractivity contribution in [2.75, 3.05) is 7.05 Å². The van der Waals surface area contributed by atoms with Crippen LogP contribution in [-0.2, 0) is 17.8 Å². The van der Waals surface area contributed by atoms with Gasteiger partial charge in [0.15, 0.2) is 0 Å². The van der Waals surface area contributed by atoms with Gasteiger partial charge in [-0.15, -0.1) is 0 Å². The number of fused-ring (bicyclic) bond motifs is 1. The van der Waals surface area contributed by atoms with Crippen molar-refractivity contribution >= 4 is 16.9 Å². The molecule has 1 amide bonds. The van der Waals surface area contributed by atoms with E-state index < -0.39 is 0 Å². The van der Waals surface area contributed by atoms with Gasteiger partial charge < -0.3 is 9.47 Å². The van der Waals surface area contributed by atoms with Gasteiger partial charge in [-0.3, -0.25) is 9.78 Å². The average Bonchev–Trinajstić information content (AvgIpc) is 2.98. The van der Waals surface area contributed by atoms with Gasteiger partial charge in [0.1, 0.15) is 6.54 Å². The third-order valence-electron chi connectivity index (χ3n) is 4.12. The number of carbonyl (C=O) groups excluding carboxylic acids is 1. The van der Waals surface area contributed by atoms with E-state index in [1.165, 1.54) is 0 Å². The van der Waals surface area contributed by atoms with E-state index in [4.69, 9.17) is 0 Å². The lowest BCUT2D eigenvalue weighted by Crippen LogP contribution is -2.38. The molecule has 1 atom stereocenters. The van der Waals surface area contributed by atoms with Crippen molar-refractivity contribution in [3.63, 3.8) is 0 Å². The normalized spacial score (nSPS) is 12.3. The number of aromatic nitrogens is 3. The summed E-state index contributed by atoms with van der Waals surface area (Å²) in [6.45, 7) is 2.34. The molecule has 0 fully saturated rings. The van der Waals surface area contributed by atoms with Gasteiger partial charge in [-0.25, -0.2) is 4.98 Å². The Kier molecular flexibility index (Phi) is 4.37. The molecule has 0 bridgehead atoms. The fraction of sp³-hybridized carbons (Fsp3) is 0.278. The maximum atomic E-state index is 12.5. The molecule has 2 aromatic heterocycles. The molecule has 0 aliphatic rings. The van der Waals surface area contributed by atoms with Gasteiger partial charge in [0.2, 0.25) is 5.91 Å². The van der Waals surface area contributed by atoms with E-state index in [0.29, 0.717) is 6.54 Å². The van der Waals surface area contributed by atoms with E-state index in [-0.39, 0.29) is 11.9 Å². The molecule has 0 aliphatic heterocycles. The molecule has 3 rings (SSSR count). The Morgan fingerprint density at radius 1 is 1.17 bits per heavy atom. The first-order valence-electron chi connectivity index (χ1n) is 7.70. The lowest BCUT2D eigenvalue weighted by molar-refractivity contribution is -0.132. The minimum atomic E-state index is 0.0663. The third-order valence-corrected chi connectivity index (χ3v) is 4.12. The van der Waals surface area contributed by atoms with Crippen molar-refractivity contribution in [3.05, 3.63) is 60.7 Å². The number of pyridine rings is 1. The minimum Gasteiger partial charge on any atom is -0.341 e. The Morgan fingerprint density at radius 3 is 2.74 bits per heavy atom. The van der Waals surface area contributed by atoms with E-state index in [1.54, 1.807) is 17.4 Å². The first-order chi connectivity index (χ1) is 11.1. The molecule has 5 nitrogen and oxygen atoms in total. The molecule has 0 N–H and O–H groups in total. The summed E-state index contributed by atoms with van der Waals surface area (Å²) in [5.74, 6) is 0.0663. The van der Waals surface area contributed by atoms with Crippen LogP contribution in [0.2, 0.25) is 0 Å². The molecule has 23 heavy (non-hydrogen) atoms. The highest BCUT2D eigenvalue weighted by Gasteiger charge is 2.17. The number of likely N-dealkylation sites (N-methyl/N-ethyl adjacent to an activating group) is 1. The standard InChI is InChI=1S/C18H20N4O/c1-14(11-15-7-5-6-10-19-15)21(2)18(23)12-22-13-20-16-8-3-4-9-17(16)22/h3-10,13-14H,11-12H2,1-2H3/t14-/m1/s1. The Balaban J connectivity index is 1.67. The number of hydrogen-bond donors (Lipinski definition) is 0. The molecule has 1 aromatic carbocycles. The molecule has 0 unspecified atom stereocenters. The highest BCUT2D eigenvalue weighted by molar-refractivity contribution is 5.80. The molecule has 0 spiro atoms. The van der Waals surface area contributed by atoms with Gasteiger partial charge in [0.05, 0.1) is 17.4 Å². The van der Waals surface area contributed by atoms with E-state index in [0.717, 1.165) is 23.1 Å². The molecule has 3 aromatic rings. The summed E-state index contributed by atoms with van der Waals surface area (Å²) in [6.07, 6.45) is 4.25. The summed E-state index contributed by atoms with van der Waals surface area (Å²) in [5, 5.41) is 0. The molecular weight excluding hydrogens is 288 g/mol. The smallest absolute Gasteiger partial charge is 0.242 e. The van der Waals surface area contributed by atoms with Gasteiger partial charge in [0, 0.05) is 31.4 Å². The Morgan fingerprint density at radius 2 is 1.96 bits per heavy atom. The number of amides is 1. The molecule has 0 saturated carbocycles. The lowest BCUT2D eigenvalue weighted by atomic mass is 10.1. The number of imidazole rings is 1. The van der Waals surface area contributed by atoms with E-state index in [1.807, 2.05) is 61.0 Å². The van der Waals surface area contributed by atoms with Crippen molar-refractivity contribution in [3.8, 4) is 0 Å². The van der Waals surface area contributed by atoms with Crippen LogP contribution in [0.1, 0.15) is 12.6 Å². The van der Waals surface area contributed by atoms with Gasteiger partial charge in [-0.2, -0.15) is 0 Å². The minimum absolute atomic E-state index is 0.0663. The molecular formula is C18H20N4O. The summed E-state index contributed by atoms with van der Waals surface area (Å²) in [4.78, 5) is 23.0. The van der Waals surface area contributed by atoms with Crippen LogP contribution in [0.25, 0.3) is 11.0 Å². The van der Waals surface area contributed by atoms with Gasteiger partial charge in [0.25, 0.3) is 0 Å². The van der Waals surface area contributed by atoms with Crippen LogP contribution in [-0.4, -0.2) is 38.4 Å². The highest BCUT2D eigenvalue weighted by Crippen LogP contribution is 2.13. The number of rotatable bonds is 5. The van der Waals surface area contributed by atoms with Gasteiger partial charge in [-0.05, 0) is 31.2 Å². The van der Waals surface area contributed by atoms with Crippen molar-refractivity contribution < 1.29 is 4.79 Å². The van der Waals surface area contributed by atoms with Crippen molar-refractivity contribution in [2.24, 2.45) is 0 Å². The molecule has 0 radical (unpaired) electrons. The van der Waals surface area contributed by atoms with Crippen molar-refractivity contribution in [1.29, 1.82) is 0 Å². The van der Waals surface area contributed by atoms with Crippen LogP contribution in [0.3, 0.4) is 0 Å². The first-order valence-corrected chi connectivity index (χ1v) is 7.70. The number of hydrogen-bond acceptors (Lipinski definition) is 3. The SMILES string of the molecule is C[C@H](Cc1ccccn1)N(C)C(=O)Cn1cnc2ccccc21. The van der Waals surface area contributed by atoms with E-state index in [9.17, 15) is 4.79 Å². The zero-order valence-corrected chi connectivity index (χ0v) is 13.4. The predicted molar refractivity (Wildman–Crippen MR) is 89.9 cm³/mol. The van der Waals surface area contributed by atoms with Crippen LogP contribution in [0.4, 0.5) is 0 Å². The molecule has 5 heteroatoms. The summed E-state index contributed by atoms with van der Waals surface area (Å²) in [5.41, 5.74) is 2.88. The number of para-hydroxylation sites is 2. The number of nitrogens with zero attached hydrogens (tertiary/aromatic N) is 4. The second-order valence-corrected chi connectivity index (χ2v) is 5.74. The van der Waals surface area contributed by atoms with E-state index in [2.05, 4.69) is 9.97 Å². The van der Waals surface area contributed by atoms with Crippen LogP contribution >= 0.6 is 0 Å². The summed E-state index contributed by atoms with van der Waals surface area (Å²) in [6, 6.07) is 13.8. The van der Waals surface area contributed by atoms with Crippen molar-refractivity contribution in [1.82, 2.24) is 19.4 Å². The van der Waals surface area contributed by atoms with Crippen molar-refractivity contribution in [2.45, 2.75) is 25.9 Å². The van der Waals surface area contributed by atoms with Gasteiger partial charge >= 0.3 is 0 Å². The monoisotopic (exact) mass is 308 g/mol. The van der Waals surface area contributed by atoms with Crippen LogP contribution < -0.4 is 0 Å². The maximum absolute atomic E-state index is 12.5. The lowest BCUT2D eigenvalue weighted by Gasteiger charge is -2.25. The Hall–Kier alpha value is -2.69. The fourth-order valence-corrected chi connectivity index (χ4v) is 2.60. The largest absolute Gasteiger partial charge is 0.341 e. The summed E-state index contributed by atoms with van der Waals surface area (Å²) >= 11 is 0. The topological polar surface area (TPSA) is 51.0 Å². The summed E-state index contributed by atoms with van der Waals surface area (Å²) < 4.78 is 1.89. The third kappa shape index (κ3) is 3.39. The number of benzene rings is 1. The summed E-state index contributed by atoms with van der Waals surface area (Å²) in [7, 11) is 1.84. The molecule has 0 aliphatic carbocycles. The molecule has 118 valence electrons. The second kappa shape index (κ2) is 6.60. The Labute approximate surface area is 135 Å². The first kappa shape index (κ1) is 15.2. The molecule has 0 saturated heterocycles. The molecule has 2 heterocycles. The zero-order chi connectivity index (χ0) is 16.2. The van der Waals surface area contributed by atoms with E-state index >= 15 is 0 Å². The van der Waals surface area contributed by atoms with Gasteiger partial charge in [-0.1, -0.05) is 18.2 Å². The maximum Gasteiger partial charge on any atom is 0.242 e. The predicted octanol–water partition coefficient (Wildman–Crippen LogP) is 2.52.